The van der Waals surface area contributed by atoms with Crippen LogP contribution in [0.25, 0.3) is 0 Å². The Morgan fingerprint density at radius 3 is 2.22 bits per heavy atom. The fraction of sp³-hybridized carbons (Fsp3) is 0.900. The summed E-state index contributed by atoms with van der Waals surface area (Å²) in [5, 5.41) is 13.1. The molecule has 156 valence electrons. The third-order valence-corrected chi connectivity index (χ3v) is 6.49. The number of carbonyl (C=O) groups is 2. The second-order valence-corrected chi connectivity index (χ2v) is 8.88. The second-order valence-electron chi connectivity index (χ2n) is 8.88. The molecule has 5 nitrogen and oxygen atoms in total. The molecule has 0 aromatic heterocycles. The predicted molar refractivity (Wildman–Crippen MR) is 99.3 cm³/mol. The van der Waals surface area contributed by atoms with E-state index in [0.29, 0.717) is 25.9 Å². The highest BCUT2D eigenvalue weighted by Gasteiger charge is 2.40. The van der Waals surface area contributed by atoms with Crippen LogP contribution in [0, 0.1) is 17.3 Å². The first kappa shape index (κ1) is 22.1. The molecule has 0 bridgehead atoms. The van der Waals surface area contributed by atoms with Gasteiger partial charge in [-0.3, -0.25) is 9.59 Å². The molecule has 27 heavy (non-hydrogen) atoms. The summed E-state index contributed by atoms with van der Waals surface area (Å²) in [6.45, 7) is 5.39. The van der Waals surface area contributed by atoms with Crippen molar-refractivity contribution in [1.82, 2.24) is 10.2 Å². The summed E-state index contributed by atoms with van der Waals surface area (Å²) in [6.07, 6.45) is 3.19. The summed E-state index contributed by atoms with van der Waals surface area (Å²) < 4.78 is 25.8. The van der Waals surface area contributed by atoms with E-state index in [9.17, 15) is 23.5 Å². The summed E-state index contributed by atoms with van der Waals surface area (Å²) >= 11 is 0. The van der Waals surface area contributed by atoms with E-state index in [0.717, 1.165) is 31.6 Å². The predicted octanol–water partition coefficient (Wildman–Crippen LogP) is 2.96. The van der Waals surface area contributed by atoms with Crippen molar-refractivity contribution in [3.63, 3.8) is 0 Å². The van der Waals surface area contributed by atoms with Gasteiger partial charge in [0.2, 0.25) is 11.8 Å². The molecule has 1 saturated heterocycles. The molecule has 1 saturated carbocycles. The third-order valence-electron chi connectivity index (χ3n) is 6.49. The van der Waals surface area contributed by atoms with Gasteiger partial charge in [-0.2, -0.15) is 0 Å². The van der Waals surface area contributed by atoms with Crippen LogP contribution in [0.2, 0.25) is 0 Å². The molecule has 0 radical (unpaired) electrons. The molecular formula is C20H34F2N2O3. The molecular weight excluding hydrogens is 354 g/mol. The Kier molecular flexibility index (Phi) is 7.22. The Morgan fingerprint density at radius 1 is 1.19 bits per heavy atom. The zero-order valence-corrected chi connectivity index (χ0v) is 16.8. The Labute approximate surface area is 160 Å². The Morgan fingerprint density at radius 2 is 1.74 bits per heavy atom. The van der Waals surface area contributed by atoms with Crippen LogP contribution >= 0.6 is 0 Å². The number of amides is 2. The maximum absolute atomic E-state index is 12.9. The highest BCUT2D eigenvalue weighted by molar-refractivity contribution is 5.82. The molecule has 0 spiro atoms. The number of aliphatic hydroxyl groups is 1. The number of likely N-dealkylation sites (tertiary alicyclic amines) is 1. The van der Waals surface area contributed by atoms with Crippen LogP contribution in [-0.4, -0.2) is 53.5 Å². The van der Waals surface area contributed by atoms with E-state index in [1.165, 1.54) is 20.3 Å². The van der Waals surface area contributed by atoms with Crippen LogP contribution in [0.15, 0.2) is 0 Å². The third kappa shape index (κ3) is 5.39. The van der Waals surface area contributed by atoms with Crippen LogP contribution in [-0.2, 0) is 9.59 Å². The van der Waals surface area contributed by atoms with Gasteiger partial charge in [-0.05, 0) is 58.3 Å². The fourth-order valence-corrected chi connectivity index (χ4v) is 3.97. The van der Waals surface area contributed by atoms with E-state index in [1.54, 1.807) is 0 Å². The van der Waals surface area contributed by atoms with Gasteiger partial charge in [-0.1, -0.05) is 13.3 Å². The highest BCUT2D eigenvalue weighted by atomic mass is 19.3. The molecule has 2 fully saturated rings. The summed E-state index contributed by atoms with van der Waals surface area (Å²) in [4.78, 5) is 26.5. The second kappa shape index (κ2) is 8.84. The number of rotatable bonds is 6. The minimum atomic E-state index is -2.77. The molecule has 2 rings (SSSR count). The van der Waals surface area contributed by atoms with Crippen LogP contribution in [0.3, 0.4) is 0 Å². The minimum Gasteiger partial charge on any atom is -0.388 e. The normalized spacial score (nSPS) is 26.1. The van der Waals surface area contributed by atoms with Gasteiger partial charge in [0.05, 0.1) is 5.60 Å². The van der Waals surface area contributed by atoms with E-state index >= 15 is 0 Å². The molecule has 1 heterocycles. The van der Waals surface area contributed by atoms with E-state index in [4.69, 9.17) is 0 Å². The van der Waals surface area contributed by atoms with Crippen molar-refractivity contribution in [3.05, 3.63) is 0 Å². The first-order chi connectivity index (χ1) is 12.6. The zero-order valence-electron chi connectivity index (χ0n) is 16.8. The fourth-order valence-electron chi connectivity index (χ4n) is 3.97. The monoisotopic (exact) mass is 388 g/mol. The van der Waals surface area contributed by atoms with Crippen molar-refractivity contribution >= 4 is 11.8 Å². The maximum atomic E-state index is 12.9. The van der Waals surface area contributed by atoms with Gasteiger partial charge in [-0.25, -0.2) is 8.78 Å². The standard InChI is InChI=1S/C20H34F2N2O3/c1-4-14-5-7-15(8-6-14)16(25)24-11-9-20(27,10-12-24)13-23-18(26)19(2,3)17(21)22/h14-15,17,27H,4-13H2,1-3H3,(H,23,26). The smallest absolute Gasteiger partial charge is 0.252 e. The Bertz CT molecular complexity index is 523. The topological polar surface area (TPSA) is 69.6 Å². The number of nitrogens with zero attached hydrogens (tertiary/aromatic N) is 1. The van der Waals surface area contributed by atoms with Gasteiger partial charge < -0.3 is 15.3 Å². The van der Waals surface area contributed by atoms with E-state index in [1.807, 2.05) is 4.90 Å². The van der Waals surface area contributed by atoms with Crippen LogP contribution in [0.5, 0.6) is 0 Å². The number of alkyl halides is 2. The highest BCUT2D eigenvalue weighted by Crippen LogP contribution is 2.33. The van der Waals surface area contributed by atoms with Crippen molar-refractivity contribution in [2.24, 2.45) is 17.3 Å². The van der Waals surface area contributed by atoms with Gasteiger partial charge in [0.25, 0.3) is 6.43 Å². The van der Waals surface area contributed by atoms with Crippen molar-refractivity contribution in [1.29, 1.82) is 0 Å². The van der Waals surface area contributed by atoms with E-state index < -0.39 is 23.3 Å². The lowest BCUT2D eigenvalue weighted by molar-refractivity contribution is -0.144. The zero-order chi connectivity index (χ0) is 20.2. The summed E-state index contributed by atoms with van der Waals surface area (Å²) in [7, 11) is 0. The van der Waals surface area contributed by atoms with Crippen molar-refractivity contribution < 1.29 is 23.5 Å². The molecule has 0 atom stereocenters. The number of nitrogens with one attached hydrogen (secondary N) is 1. The first-order valence-corrected chi connectivity index (χ1v) is 10.2. The molecule has 0 unspecified atom stereocenters. The molecule has 1 aliphatic heterocycles. The number of halogens is 2. The lowest BCUT2D eigenvalue weighted by Crippen LogP contribution is -2.54. The lowest BCUT2D eigenvalue weighted by atomic mass is 9.80. The maximum Gasteiger partial charge on any atom is 0.252 e. The Balaban J connectivity index is 1.80. The molecule has 0 aromatic rings. The lowest BCUT2D eigenvalue weighted by Gasteiger charge is -2.40. The summed E-state index contributed by atoms with van der Waals surface area (Å²) in [6, 6.07) is 0. The molecule has 1 aliphatic carbocycles. The quantitative estimate of drug-likeness (QED) is 0.735. The molecule has 0 aromatic carbocycles. The van der Waals surface area contributed by atoms with Crippen molar-refractivity contribution in [2.45, 2.75) is 77.7 Å². The first-order valence-electron chi connectivity index (χ1n) is 10.2. The SMILES string of the molecule is CCC1CCC(C(=O)N2CCC(O)(CNC(=O)C(C)(C)C(F)F)CC2)CC1. The minimum absolute atomic E-state index is 0.0639. The van der Waals surface area contributed by atoms with Crippen molar-refractivity contribution in [3.8, 4) is 0 Å². The average molecular weight is 388 g/mol. The van der Waals surface area contributed by atoms with Gasteiger partial charge in [-0.15, -0.1) is 0 Å². The van der Waals surface area contributed by atoms with Gasteiger partial charge >= 0.3 is 0 Å². The largest absolute Gasteiger partial charge is 0.388 e. The number of carbonyl (C=O) groups excluding carboxylic acids is 2. The number of piperidine rings is 1. The van der Waals surface area contributed by atoms with E-state index in [2.05, 4.69) is 12.2 Å². The molecule has 2 amide bonds. The van der Waals surface area contributed by atoms with Gasteiger partial charge in [0, 0.05) is 25.6 Å². The van der Waals surface area contributed by atoms with Crippen LogP contribution < -0.4 is 5.32 Å². The summed E-state index contributed by atoms with van der Waals surface area (Å²) in [5.41, 5.74) is -2.94. The van der Waals surface area contributed by atoms with Crippen molar-refractivity contribution in [2.75, 3.05) is 19.6 Å². The number of hydrogen-bond donors (Lipinski definition) is 2. The van der Waals surface area contributed by atoms with Crippen LogP contribution in [0.1, 0.15) is 65.7 Å². The van der Waals surface area contributed by atoms with Gasteiger partial charge in [0.15, 0.2) is 0 Å². The average Bonchev–Trinajstić information content (AvgIpc) is 2.66. The van der Waals surface area contributed by atoms with E-state index in [-0.39, 0.29) is 18.4 Å². The summed E-state index contributed by atoms with van der Waals surface area (Å²) in [5.74, 6) is 0.235. The molecule has 2 aliphatic rings. The van der Waals surface area contributed by atoms with Crippen LogP contribution in [0.4, 0.5) is 8.78 Å². The van der Waals surface area contributed by atoms with Gasteiger partial charge in [0.1, 0.15) is 5.41 Å². The molecule has 7 heteroatoms. The Hall–Kier alpha value is -1.24. The number of hydrogen-bond acceptors (Lipinski definition) is 3. The molecule has 2 N–H and O–H groups in total.